The number of anilines is 2. The minimum Gasteiger partial charge on any atom is -0.494 e. The lowest BCUT2D eigenvalue weighted by molar-refractivity contribution is -0.387. The summed E-state index contributed by atoms with van der Waals surface area (Å²) in [4.78, 5) is 32.3. The Balaban J connectivity index is 1.65. The molecule has 0 aliphatic heterocycles. The molecule has 12 nitrogen and oxygen atoms in total. The van der Waals surface area contributed by atoms with Gasteiger partial charge in [-0.25, -0.2) is 13.8 Å². The second-order valence-corrected chi connectivity index (χ2v) is 8.06. The van der Waals surface area contributed by atoms with E-state index < -0.39 is 33.6 Å². The number of fused-ring (bicyclic) bond motifs is 1. The van der Waals surface area contributed by atoms with Crippen LogP contribution in [0.2, 0.25) is 0 Å². The van der Waals surface area contributed by atoms with E-state index in [1.54, 1.807) is 7.05 Å². The van der Waals surface area contributed by atoms with Gasteiger partial charge in [0, 0.05) is 43.0 Å². The van der Waals surface area contributed by atoms with Gasteiger partial charge in [-0.15, -0.1) is 0 Å². The molecule has 0 radical (unpaired) electrons. The Morgan fingerprint density at radius 2 is 1.82 bits per heavy atom. The van der Waals surface area contributed by atoms with Crippen molar-refractivity contribution in [3.05, 3.63) is 92.9 Å². The molecule has 0 aliphatic carbocycles. The Hall–Kier alpha value is -5.47. The Bertz CT molecular complexity index is 1820. The van der Waals surface area contributed by atoms with E-state index in [-0.39, 0.29) is 45.6 Å². The van der Waals surface area contributed by atoms with Gasteiger partial charge in [0.15, 0.2) is 23.0 Å². The number of hydrogen-bond acceptors (Lipinski definition) is 9. The zero-order valence-corrected chi connectivity index (χ0v) is 20.1. The normalized spacial score (nSPS) is 11.0. The highest BCUT2D eigenvalue weighted by molar-refractivity contribution is 5.79. The average molecular weight is 539 g/mol. The summed E-state index contributed by atoms with van der Waals surface area (Å²) in [6.45, 7) is 0. The van der Waals surface area contributed by atoms with Crippen molar-refractivity contribution in [3.63, 3.8) is 0 Å². The number of halogens is 3. The van der Waals surface area contributed by atoms with Crippen molar-refractivity contribution in [3.8, 4) is 22.9 Å². The summed E-state index contributed by atoms with van der Waals surface area (Å²) in [5.41, 5.74) is -1.22. The Labute approximate surface area is 216 Å². The smallest absolute Gasteiger partial charge is 0.307 e. The molecule has 0 unspecified atom stereocenters. The zero-order chi connectivity index (χ0) is 27.8. The van der Waals surface area contributed by atoms with E-state index in [2.05, 4.69) is 20.4 Å². The van der Waals surface area contributed by atoms with E-state index >= 15 is 0 Å². The predicted octanol–water partition coefficient (Wildman–Crippen LogP) is 4.38. The van der Waals surface area contributed by atoms with Crippen molar-refractivity contribution in [2.45, 2.75) is 0 Å². The van der Waals surface area contributed by atoms with Crippen LogP contribution in [0.15, 0.2) is 59.8 Å². The third-order valence-corrected chi connectivity index (χ3v) is 5.48. The molecule has 0 aliphatic rings. The summed E-state index contributed by atoms with van der Waals surface area (Å²) < 4.78 is 54.8. The fraction of sp³-hybridized carbons (Fsp3) is 0.0833. The van der Waals surface area contributed by atoms with Crippen molar-refractivity contribution in [1.29, 1.82) is 0 Å². The number of benzene rings is 2. The van der Waals surface area contributed by atoms with Gasteiger partial charge in [0.05, 0.1) is 29.6 Å². The van der Waals surface area contributed by atoms with Gasteiger partial charge in [0.2, 0.25) is 11.8 Å². The molecule has 5 aromatic rings. The molecule has 3 heterocycles. The van der Waals surface area contributed by atoms with Crippen molar-refractivity contribution in [2.24, 2.45) is 7.05 Å². The summed E-state index contributed by atoms with van der Waals surface area (Å²) in [5, 5.41) is 18.3. The zero-order valence-electron chi connectivity index (χ0n) is 20.1. The van der Waals surface area contributed by atoms with Gasteiger partial charge >= 0.3 is 5.69 Å². The lowest BCUT2D eigenvalue weighted by atomic mass is 10.2. The fourth-order valence-corrected chi connectivity index (χ4v) is 3.72. The maximum absolute atomic E-state index is 14.2. The lowest BCUT2D eigenvalue weighted by Crippen LogP contribution is -2.21. The Morgan fingerprint density at radius 1 is 1.03 bits per heavy atom. The van der Waals surface area contributed by atoms with E-state index in [0.29, 0.717) is 6.07 Å². The molecule has 0 spiro atoms. The SMILES string of the molecule is COc1cc(F)c([N+](=O)[O-])cc1Nc1ncc2cc(Oc3ccc(F)cc3F)c(=O)n(-c3cnn(C)c3)c2n1. The van der Waals surface area contributed by atoms with Crippen LogP contribution in [0.3, 0.4) is 0 Å². The maximum atomic E-state index is 14.2. The van der Waals surface area contributed by atoms with Crippen molar-refractivity contribution < 1.29 is 27.6 Å². The number of rotatable bonds is 7. The highest BCUT2D eigenvalue weighted by atomic mass is 19.1. The number of hydrogen-bond donors (Lipinski definition) is 1. The van der Waals surface area contributed by atoms with E-state index in [9.17, 15) is 28.1 Å². The van der Waals surface area contributed by atoms with E-state index in [1.165, 1.54) is 36.4 Å². The molecule has 5 rings (SSSR count). The number of pyridine rings is 1. The highest BCUT2D eigenvalue weighted by Gasteiger charge is 2.21. The Morgan fingerprint density at radius 3 is 2.49 bits per heavy atom. The van der Waals surface area contributed by atoms with Crippen LogP contribution in [0.4, 0.5) is 30.5 Å². The second kappa shape index (κ2) is 9.77. The first kappa shape index (κ1) is 25.2. The maximum Gasteiger partial charge on any atom is 0.307 e. The number of nitro benzene ring substituents is 1. The molecule has 39 heavy (non-hydrogen) atoms. The van der Waals surface area contributed by atoms with Crippen LogP contribution in [0.25, 0.3) is 16.7 Å². The van der Waals surface area contributed by atoms with Crippen LogP contribution in [0, 0.1) is 27.6 Å². The number of ether oxygens (including phenoxy) is 2. The molecular weight excluding hydrogens is 523 g/mol. The van der Waals surface area contributed by atoms with Gasteiger partial charge in [-0.1, -0.05) is 0 Å². The van der Waals surface area contributed by atoms with Crippen molar-refractivity contribution in [1.82, 2.24) is 24.3 Å². The first-order valence-electron chi connectivity index (χ1n) is 11.0. The molecule has 198 valence electrons. The molecule has 2 aromatic carbocycles. The first-order valence-corrected chi connectivity index (χ1v) is 11.0. The molecule has 0 saturated carbocycles. The van der Waals surface area contributed by atoms with E-state index in [1.807, 2.05) is 0 Å². The van der Waals surface area contributed by atoms with Crippen molar-refractivity contribution >= 4 is 28.4 Å². The summed E-state index contributed by atoms with van der Waals surface area (Å²) in [7, 11) is 2.87. The molecule has 15 heteroatoms. The largest absolute Gasteiger partial charge is 0.494 e. The van der Waals surface area contributed by atoms with E-state index in [0.717, 1.165) is 28.8 Å². The predicted molar refractivity (Wildman–Crippen MR) is 131 cm³/mol. The third kappa shape index (κ3) is 4.79. The minimum absolute atomic E-state index is 0.00744. The summed E-state index contributed by atoms with van der Waals surface area (Å²) in [6, 6.07) is 5.68. The number of methoxy groups -OCH3 is 1. The quantitative estimate of drug-likeness (QED) is 0.236. The highest BCUT2D eigenvalue weighted by Crippen LogP contribution is 2.34. The van der Waals surface area contributed by atoms with Crippen LogP contribution in [0.1, 0.15) is 0 Å². The summed E-state index contributed by atoms with van der Waals surface area (Å²) in [5.74, 6) is -3.79. The van der Waals surface area contributed by atoms with Crippen LogP contribution < -0.4 is 20.3 Å². The van der Waals surface area contributed by atoms with Gasteiger partial charge in [0.1, 0.15) is 11.6 Å². The number of aromatic nitrogens is 5. The summed E-state index contributed by atoms with van der Waals surface area (Å²) >= 11 is 0. The van der Waals surface area contributed by atoms with Gasteiger partial charge in [-0.05, 0) is 18.2 Å². The number of nitrogens with zero attached hydrogens (tertiary/aromatic N) is 6. The molecule has 3 aromatic heterocycles. The lowest BCUT2D eigenvalue weighted by Gasteiger charge is -2.14. The monoisotopic (exact) mass is 539 g/mol. The topological polar surface area (TPSA) is 139 Å². The number of nitrogens with one attached hydrogen (secondary N) is 1. The van der Waals surface area contributed by atoms with Crippen LogP contribution in [0.5, 0.6) is 17.2 Å². The van der Waals surface area contributed by atoms with Crippen LogP contribution >= 0.6 is 0 Å². The number of aryl methyl sites for hydroxylation is 1. The summed E-state index contributed by atoms with van der Waals surface area (Å²) in [6.07, 6.45) is 4.21. The second-order valence-electron chi connectivity index (χ2n) is 8.06. The van der Waals surface area contributed by atoms with Gasteiger partial charge in [0.25, 0.3) is 5.56 Å². The molecule has 0 atom stereocenters. The molecule has 1 N–H and O–H groups in total. The number of nitro groups is 1. The third-order valence-electron chi connectivity index (χ3n) is 5.48. The average Bonchev–Trinajstić information content (AvgIpc) is 3.32. The molecule has 0 saturated heterocycles. The van der Waals surface area contributed by atoms with Gasteiger partial charge in [-0.3, -0.25) is 24.2 Å². The molecule has 0 bridgehead atoms. The molecule has 0 fully saturated rings. The van der Waals surface area contributed by atoms with Crippen LogP contribution in [-0.4, -0.2) is 36.3 Å². The fourth-order valence-electron chi connectivity index (χ4n) is 3.72. The van der Waals surface area contributed by atoms with Crippen LogP contribution in [-0.2, 0) is 7.05 Å². The van der Waals surface area contributed by atoms with Crippen molar-refractivity contribution in [2.75, 3.05) is 12.4 Å². The first-order chi connectivity index (χ1) is 18.6. The standard InChI is InChI=1S/C24H16F3N7O5/c1-32-11-14(10-29-32)33-22-12(5-21(23(33)35)39-19-4-3-13(25)6-16(19)27)9-28-24(31-22)30-17-8-18(34(36)37)15(26)7-20(17)38-2/h3-11H,1-2H3,(H,28,30,31). The molecular formula is C24H16F3N7O5. The molecule has 0 amide bonds. The minimum atomic E-state index is -1.10. The van der Waals surface area contributed by atoms with E-state index in [4.69, 9.17) is 9.47 Å². The van der Waals surface area contributed by atoms with Gasteiger partial charge < -0.3 is 14.8 Å². The van der Waals surface area contributed by atoms with Gasteiger partial charge in [-0.2, -0.15) is 14.5 Å². The Kier molecular flexibility index (Phi) is 6.31.